The van der Waals surface area contributed by atoms with E-state index in [1.54, 1.807) is 36.7 Å². The highest BCUT2D eigenvalue weighted by Crippen LogP contribution is 2.17. The van der Waals surface area contributed by atoms with E-state index in [1.165, 1.54) is 12.1 Å². The molecule has 0 radical (unpaired) electrons. The molecule has 7 nitrogen and oxygen atoms in total. The van der Waals surface area contributed by atoms with E-state index >= 15 is 0 Å². The molecule has 0 aliphatic rings. The lowest BCUT2D eigenvalue weighted by Crippen LogP contribution is -2.06. The highest BCUT2D eigenvalue weighted by molar-refractivity contribution is 5.87. The molecule has 0 fully saturated rings. The fourth-order valence-electron chi connectivity index (χ4n) is 2.61. The Hall–Kier alpha value is -3.48. The quantitative estimate of drug-likeness (QED) is 0.550. The molecule has 1 N–H and O–H groups in total. The fourth-order valence-corrected chi connectivity index (χ4v) is 2.61. The van der Waals surface area contributed by atoms with Crippen molar-refractivity contribution in [3.63, 3.8) is 0 Å². The van der Waals surface area contributed by atoms with Crippen molar-refractivity contribution in [2.45, 2.75) is 13.0 Å². The lowest BCUT2D eigenvalue weighted by molar-refractivity contribution is -0.384. The summed E-state index contributed by atoms with van der Waals surface area (Å²) in [6, 6.07) is 13.2. The molecular formula is C18H15N3O4. The summed E-state index contributed by atoms with van der Waals surface area (Å²) in [4.78, 5) is 25.9. The number of non-ortho nitro benzene ring substituents is 1. The van der Waals surface area contributed by atoms with Gasteiger partial charge in [-0.3, -0.25) is 10.1 Å². The number of aromatic carboxylic acids is 1. The molecule has 126 valence electrons. The molecule has 0 atom stereocenters. The second-order valence-electron chi connectivity index (χ2n) is 5.58. The first-order valence-corrected chi connectivity index (χ1v) is 7.58. The van der Waals surface area contributed by atoms with E-state index in [9.17, 15) is 14.9 Å². The number of aromatic nitrogens is 2. The summed E-state index contributed by atoms with van der Waals surface area (Å²) in [5, 5.41) is 20.0. The third-order valence-electron chi connectivity index (χ3n) is 3.81. The van der Waals surface area contributed by atoms with Gasteiger partial charge in [0, 0.05) is 37.5 Å². The van der Waals surface area contributed by atoms with E-state index < -0.39 is 10.9 Å². The summed E-state index contributed by atoms with van der Waals surface area (Å²) in [5.74, 6) is -0.217. The average molecular weight is 337 g/mol. The molecule has 0 amide bonds. The third kappa shape index (κ3) is 3.89. The Bertz CT molecular complexity index is 859. The van der Waals surface area contributed by atoms with Crippen LogP contribution in [0.4, 0.5) is 5.69 Å². The van der Waals surface area contributed by atoms with Crippen molar-refractivity contribution in [1.82, 2.24) is 9.55 Å². The predicted molar refractivity (Wildman–Crippen MR) is 90.6 cm³/mol. The van der Waals surface area contributed by atoms with E-state index in [4.69, 9.17) is 5.11 Å². The summed E-state index contributed by atoms with van der Waals surface area (Å²) >= 11 is 0. The Balaban J connectivity index is 1.81. The number of carbonyl (C=O) groups is 1. The zero-order valence-electron chi connectivity index (χ0n) is 13.2. The molecule has 0 saturated carbocycles. The van der Waals surface area contributed by atoms with E-state index in [2.05, 4.69) is 4.98 Å². The van der Waals surface area contributed by atoms with Crippen LogP contribution < -0.4 is 0 Å². The van der Waals surface area contributed by atoms with Crippen LogP contribution in [0.25, 0.3) is 0 Å². The monoisotopic (exact) mass is 337 g/mol. The number of imidazole rings is 1. The minimum Gasteiger partial charge on any atom is -0.478 e. The van der Waals surface area contributed by atoms with Gasteiger partial charge < -0.3 is 9.67 Å². The lowest BCUT2D eigenvalue weighted by atomic mass is 10.1. The number of hydrogen-bond acceptors (Lipinski definition) is 4. The Labute approximate surface area is 143 Å². The third-order valence-corrected chi connectivity index (χ3v) is 3.81. The van der Waals surface area contributed by atoms with Gasteiger partial charge in [-0.15, -0.1) is 0 Å². The van der Waals surface area contributed by atoms with Crippen LogP contribution in [0.2, 0.25) is 0 Å². The van der Waals surface area contributed by atoms with Crippen LogP contribution in [0.3, 0.4) is 0 Å². The average Bonchev–Trinajstić information content (AvgIpc) is 3.02. The maximum atomic E-state index is 11.1. The minimum absolute atomic E-state index is 0.0461. The molecule has 7 heteroatoms. The lowest BCUT2D eigenvalue weighted by Gasteiger charge is -2.09. The van der Waals surface area contributed by atoms with E-state index in [0.29, 0.717) is 13.0 Å². The Morgan fingerprint density at radius 3 is 2.68 bits per heavy atom. The molecule has 25 heavy (non-hydrogen) atoms. The van der Waals surface area contributed by atoms with Crippen LogP contribution >= 0.6 is 0 Å². The summed E-state index contributed by atoms with van der Waals surface area (Å²) in [6.07, 6.45) is 3.92. The van der Waals surface area contributed by atoms with Gasteiger partial charge in [-0.25, -0.2) is 9.78 Å². The Morgan fingerprint density at radius 2 is 1.92 bits per heavy atom. The SMILES string of the molecule is O=C(O)c1cccc(Cn2ccnc2Cc2cccc([N+](=O)[O-])c2)c1. The number of carboxylic acids is 1. The van der Waals surface area contributed by atoms with E-state index in [-0.39, 0.29) is 11.3 Å². The second kappa shape index (κ2) is 6.96. The van der Waals surface area contributed by atoms with Gasteiger partial charge in [-0.1, -0.05) is 24.3 Å². The van der Waals surface area contributed by atoms with Crippen molar-refractivity contribution in [2.24, 2.45) is 0 Å². The van der Waals surface area contributed by atoms with E-state index in [0.717, 1.165) is 17.0 Å². The van der Waals surface area contributed by atoms with Gasteiger partial charge in [0.15, 0.2) is 0 Å². The van der Waals surface area contributed by atoms with Crippen molar-refractivity contribution >= 4 is 11.7 Å². The van der Waals surface area contributed by atoms with Crippen LogP contribution in [0.1, 0.15) is 27.3 Å². The highest BCUT2D eigenvalue weighted by atomic mass is 16.6. The van der Waals surface area contributed by atoms with Gasteiger partial charge in [-0.05, 0) is 23.3 Å². The molecule has 2 aromatic carbocycles. The van der Waals surface area contributed by atoms with Crippen LogP contribution in [0.5, 0.6) is 0 Å². The van der Waals surface area contributed by atoms with Crippen LogP contribution in [0, 0.1) is 10.1 Å². The standard InChI is InChI=1S/C18H15N3O4/c22-18(23)15-5-1-4-14(9-15)12-20-8-7-19-17(20)11-13-3-2-6-16(10-13)21(24)25/h1-10H,11-12H2,(H,22,23). The smallest absolute Gasteiger partial charge is 0.335 e. The topological polar surface area (TPSA) is 98.3 Å². The molecule has 3 rings (SSSR count). The number of rotatable bonds is 6. The first-order chi connectivity index (χ1) is 12.0. The molecule has 0 unspecified atom stereocenters. The Morgan fingerprint density at radius 1 is 1.16 bits per heavy atom. The molecule has 1 heterocycles. The summed E-state index contributed by atoms with van der Waals surface area (Å²) in [7, 11) is 0. The maximum Gasteiger partial charge on any atom is 0.335 e. The van der Waals surface area contributed by atoms with Crippen molar-refractivity contribution in [3.8, 4) is 0 Å². The van der Waals surface area contributed by atoms with Gasteiger partial charge >= 0.3 is 5.97 Å². The van der Waals surface area contributed by atoms with Crippen molar-refractivity contribution in [3.05, 3.63) is 93.6 Å². The predicted octanol–water partition coefficient (Wildman–Crippen LogP) is 3.13. The number of hydrogen-bond donors (Lipinski definition) is 1. The fraction of sp³-hybridized carbons (Fsp3) is 0.111. The van der Waals surface area contributed by atoms with Crippen LogP contribution in [0.15, 0.2) is 60.9 Å². The highest BCUT2D eigenvalue weighted by Gasteiger charge is 2.10. The summed E-state index contributed by atoms with van der Waals surface area (Å²) < 4.78 is 1.90. The normalized spacial score (nSPS) is 10.6. The summed E-state index contributed by atoms with van der Waals surface area (Å²) in [6.45, 7) is 0.478. The minimum atomic E-state index is -0.968. The first kappa shape index (κ1) is 16.4. The number of carboxylic acid groups (broad SMARTS) is 1. The first-order valence-electron chi connectivity index (χ1n) is 7.58. The van der Waals surface area contributed by atoms with E-state index in [1.807, 2.05) is 16.7 Å². The molecule has 0 saturated heterocycles. The van der Waals surface area contributed by atoms with Crippen LogP contribution in [-0.4, -0.2) is 25.6 Å². The van der Waals surface area contributed by atoms with Gasteiger partial charge in [-0.2, -0.15) is 0 Å². The molecule has 3 aromatic rings. The van der Waals surface area contributed by atoms with Crippen molar-refractivity contribution < 1.29 is 14.8 Å². The van der Waals surface area contributed by atoms with Gasteiger partial charge in [0.25, 0.3) is 5.69 Å². The second-order valence-corrected chi connectivity index (χ2v) is 5.58. The number of nitrogens with zero attached hydrogens (tertiary/aromatic N) is 3. The zero-order chi connectivity index (χ0) is 17.8. The molecular weight excluding hydrogens is 322 g/mol. The molecule has 0 bridgehead atoms. The maximum absolute atomic E-state index is 11.1. The Kier molecular flexibility index (Phi) is 4.56. The number of nitro groups is 1. The van der Waals surface area contributed by atoms with Crippen LogP contribution in [-0.2, 0) is 13.0 Å². The van der Waals surface area contributed by atoms with Gasteiger partial charge in [0.2, 0.25) is 0 Å². The largest absolute Gasteiger partial charge is 0.478 e. The van der Waals surface area contributed by atoms with Crippen molar-refractivity contribution in [2.75, 3.05) is 0 Å². The molecule has 0 spiro atoms. The molecule has 0 aliphatic carbocycles. The zero-order valence-corrected chi connectivity index (χ0v) is 13.2. The van der Waals surface area contributed by atoms with Gasteiger partial charge in [0.05, 0.1) is 10.5 Å². The van der Waals surface area contributed by atoms with Gasteiger partial charge in [0.1, 0.15) is 5.82 Å². The molecule has 1 aromatic heterocycles. The number of benzene rings is 2. The molecule has 0 aliphatic heterocycles. The van der Waals surface area contributed by atoms with Crippen molar-refractivity contribution in [1.29, 1.82) is 0 Å². The number of nitro benzene ring substituents is 1. The summed E-state index contributed by atoms with van der Waals surface area (Å²) in [5.41, 5.74) is 1.92.